The van der Waals surface area contributed by atoms with Crippen LogP contribution in [0.4, 0.5) is 0 Å². The minimum absolute atomic E-state index is 0.0205. The van der Waals surface area contributed by atoms with Crippen molar-refractivity contribution in [3.63, 3.8) is 0 Å². The molecule has 110 valence electrons. The Bertz CT molecular complexity index is 447. The van der Waals surface area contributed by atoms with Crippen LogP contribution in [0.15, 0.2) is 17.5 Å². The lowest BCUT2D eigenvalue weighted by molar-refractivity contribution is -0.124. The van der Waals surface area contributed by atoms with E-state index in [9.17, 15) is 9.59 Å². The summed E-state index contributed by atoms with van der Waals surface area (Å²) in [7, 11) is 1.89. The quantitative estimate of drug-likeness (QED) is 0.772. The zero-order valence-corrected chi connectivity index (χ0v) is 12.5. The fourth-order valence-corrected chi connectivity index (χ4v) is 3.10. The van der Waals surface area contributed by atoms with Gasteiger partial charge in [0.1, 0.15) is 6.04 Å². The minimum atomic E-state index is -0.306. The maximum Gasteiger partial charge on any atom is 0.264 e. The third-order valence-corrected chi connectivity index (χ3v) is 4.31. The number of rotatable bonds is 6. The molecule has 0 saturated carbocycles. The first-order valence-corrected chi connectivity index (χ1v) is 7.89. The second-order valence-corrected chi connectivity index (χ2v) is 5.83. The molecular weight excluding hydrogens is 274 g/mol. The molecule has 1 aliphatic heterocycles. The van der Waals surface area contributed by atoms with Crippen molar-refractivity contribution in [3.05, 3.63) is 22.4 Å². The Morgan fingerprint density at radius 1 is 1.45 bits per heavy atom. The van der Waals surface area contributed by atoms with Gasteiger partial charge in [0.05, 0.1) is 4.88 Å². The van der Waals surface area contributed by atoms with E-state index in [4.69, 9.17) is 0 Å². The molecule has 1 saturated heterocycles. The zero-order valence-electron chi connectivity index (χ0n) is 11.7. The smallest absolute Gasteiger partial charge is 0.264 e. The number of carbonyl (C=O) groups excluding carboxylic acids is 2. The van der Waals surface area contributed by atoms with Crippen molar-refractivity contribution in [3.8, 4) is 0 Å². The van der Waals surface area contributed by atoms with E-state index in [-0.39, 0.29) is 17.9 Å². The molecule has 0 aromatic carbocycles. The normalized spacial score (nSPS) is 18.2. The van der Waals surface area contributed by atoms with Crippen molar-refractivity contribution in [2.45, 2.75) is 25.3 Å². The highest BCUT2D eigenvalue weighted by Gasteiger charge is 2.34. The van der Waals surface area contributed by atoms with Gasteiger partial charge in [-0.1, -0.05) is 6.07 Å². The molecule has 1 aromatic heterocycles. The molecule has 1 aromatic rings. The summed E-state index contributed by atoms with van der Waals surface area (Å²) in [4.78, 5) is 26.9. The topological polar surface area (TPSA) is 61.4 Å². The van der Waals surface area contributed by atoms with Crippen LogP contribution in [0.3, 0.4) is 0 Å². The lowest BCUT2D eigenvalue weighted by Gasteiger charge is -2.23. The van der Waals surface area contributed by atoms with Crippen molar-refractivity contribution >= 4 is 23.2 Å². The van der Waals surface area contributed by atoms with Gasteiger partial charge < -0.3 is 15.5 Å². The van der Waals surface area contributed by atoms with Crippen LogP contribution in [0.1, 0.15) is 28.9 Å². The van der Waals surface area contributed by atoms with Gasteiger partial charge in [-0.05, 0) is 44.3 Å². The van der Waals surface area contributed by atoms with Crippen molar-refractivity contribution in [2.24, 2.45) is 0 Å². The molecule has 2 N–H and O–H groups in total. The number of hydrogen-bond acceptors (Lipinski definition) is 4. The molecule has 0 spiro atoms. The molecule has 0 bridgehead atoms. The first kappa shape index (κ1) is 15.0. The summed E-state index contributed by atoms with van der Waals surface area (Å²) in [6.45, 7) is 2.20. The molecule has 6 heteroatoms. The van der Waals surface area contributed by atoms with Crippen LogP contribution in [0.25, 0.3) is 0 Å². The van der Waals surface area contributed by atoms with E-state index in [2.05, 4.69) is 10.6 Å². The number of carbonyl (C=O) groups is 2. The van der Waals surface area contributed by atoms with Gasteiger partial charge in [-0.15, -0.1) is 11.3 Å². The highest BCUT2D eigenvalue weighted by atomic mass is 32.1. The third kappa shape index (κ3) is 3.58. The van der Waals surface area contributed by atoms with Crippen LogP contribution in [-0.2, 0) is 4.79 Å². The average Bonchev–Trinajstić information content (AvgIpc) is 3.12. The Morgan fingerprint density at radius 2 is 2.30 bits per heavy atom. The summed E-state index contributed by atoms with van der Waals surface area (Å²) in [5, 5.41) is 7.85. The molecule has 5 nitrogen and oxygen atoms in total. The number of nitrogens with one attached hydrogen (secondary N) is 2. The number of amides is 2. The van der Waals surface area contributed by atoms with Crippen LogP contribution >= 0.6 is 11.3 Å². The molecule has 0 radical (unpaired) electrons. The third-order valence-electron chi connectivity index (χ3n) is 3.45. The second-order valence-electron chi connectivity index (χ2n) is 4.88. The molecule has 2 amide bonds. The van der Waals surface area contributed by atoms with Crippen LogP contribution in [0, 0.1) is 0 Å². The summed E-state index contributed by atoms with van der Waals surface area (Å²) < 4.78 is 0. The van der Waals surface area contributed by atoms with Gasteiger partial charge >= 0.3 is 0 Å². The monoisotopic (exact) mass is 295 g/mol. The highest BCUT2D eigenvalue weighted by Crippen LogP contribution is 2.22. The SMILES string of the molecule is CNCCCNC(=O)C1CCCN1C(=O)c1cccs1. The van der Waals surface area contributed by atoms with Gasteiger partial charge in [0.25, 0.3) is 5.91 Å². The maximum atomic E-state index is 12.3. The number of likely N-dealkylation sites (tertiary alicyclic amines) is 1. The zero-order chi connectivity index (χ0) is 14.4. The van der Waals surface area contributed by atoms with E-state index >= 15 is 0 Å². The fourth-order valence-electron chi connectivity index (χ4n) is 2.42. The van der Waals surface area contributed by atoms with E-state index < -0.39 is 0 Å². The number of thiophene rings is 1. The van der Waals surface area contributed by atoms with Gasteiger partial charge in [0, 0.05) is 13.1 Å². The predicted octanol–water partition coefficient (Wildman–Crippen LogP) is 1.08. The lowest BCUT2D eigenvalue weighted by Crippen LogP contribution is -2.46. The summed E-state index contributed by atoms with van der Waals surface area (Å²) in [5.74, 6) is -0.0450. The lowest BCUT2D eigenvalue weighted by atomic mass is 10.2. The molecule has 1 atom stereocenters. The van der Waals surface area contributed by atoms with Crippen LogP contribution in [0.5, 0.6) is 0 Å². The molecule has 2 heterocycles. The fraction of sp³-hybridized carbons (Fsp3) is 0.571. The van der Waals surface area contributed by atoms with Crippen molar-refractivity contribution in [1.82, 2.24) is 15.5 Å². The van der Waals surface area contributed by atoms with Gasteiger partial charge in [0.15, 0.2) is 0 Å². The Labute approximate surface area is 123 Å². The average molecular weight is 295 g/mol. The van der Waals surface area contributed by atoms with E-state index in [0.29, 0.717) is 18.0 Å². The Hall–Kier alpha value is -1.40. The summed E-state index contributed by atoms with van der Waals surface area (Å²) in [6, 6.07) is 3.37. The Balaban J connectivity index is 1.90. The molecule has 20 heavy (non-hydrogen) atoms. The first-order valence-electron chi connectivity index (χ1n) is 7.01. The van der Waals surface area contributed by atoms with Crippen LogP contribution < -0.4 is 10.6 Å². The van der Waals surface area contributed by atoms with Gasteiger partial charge in [-0.25, -0.2) is 0 Å². The van der Waals surface area contributed by atoms with Crippen molar-refractivity contribution in [1.29, 1.82) is 0 Å². The van der Waals surface area contributed by atoms with E-state index in [1.165, 1.54) is 11.3 Å². The molecule has 0 aliphatic carbocycles. The molecule has 1 aliphatic rings. The summed E-state index contributed by atoms with van der Waals surface area (Å²) in [6.07, 6.45) is 2.55. The summed E-state index contributed by atoms with van der Waals surface area (Å²) in [5.41, 5.74) is 0. The standard InChI is InChI=1S/C14H21N3O2S/c1-15-7-4-8-16-13(18)11-5-2-9-17(11)14(19)12-6-3-10-20-12/h3,6,10-11,15H,2,4-5,7-9H2,1H3,(H,16,18). The van der Waals surface area contributed by atoms with Crippen molar-refractivity contribution < 1.29 is 9.59 Å². The minimum Gasteiger partial charge on any atom is -0.354 e. The highest BCUT2D eigenvalue weighted by molar-refractivity contribution is 7.12. The number of nitrogens with zero attached hydrogens (tertiary/aromatic N) is 1. The Morgan fingerprint density at radius 3 is 3.00 bits per heavy atom. The molecule has 1 unspecified atom stereocenters. The second kappa shape index (κ2) is 7.40. The Kier molecular flexibility index (Phi) is 5.55. The maximum absolute atomic E-state index is 12.3. The summed E-state index contributed by atoms with van der Waals surface area (Å²) >= 11 is 1.42. The predicted molar refractivity (Wildman–Crippen MR) is 79.9 cm³/mol. The largest absolute Gasteiger partial charge is 0.354 e. The first-order chi connectivity index (χ1) is 9.74. The molecule has 1 fully saturated rings. The van der Waals surface area contributed by atoms with E-state index in [1.807, 2.05) is 24.6 Å². The van der Waals surface area contributed by atoms with E-state index in [1.54, 1.807) is 4.90 Å². The van der Waals surface area contributed by atoms with Crippen molar-refractivity contribution in [2.75, 3.05) is 26.7 Å². The van der Waals surface area contributed by atoms with Gasteiger partial charge in [-0.3, -0.25) is 9.59 Å². The van der Waals surface area contributed by atoms with Crippen LogP contribution in [-0.4, -0.2) is 49.4 Å². The van der Waals surface area contributed by atoms with Crippen LogP contribution in [0.2, 0.25) is 0 Å². The molecule has 2 rings (SSSR count). The number of hydrogen-bond donors (Lipinski definition) is 2. The molecular formula is C14H21N3O2S. The van der Waals surface area contributed by atoms with Gasteiger partial charge in [-0.2, -0.15) is 0 Å². The van der Waals surface area contributed by atoms with Gasteiger partial charge in [0.2, 0.25) is 5.91 Å². The van der Waals surface area contributed by atoms with E-state index in [0.717, 1.165) is 25.8 Å².